The predicted molar refractivity (Wildman–Crippen MR) is 110 cm³/mol. The van der Waals surface area contributed by atoms with Crippen LogP contribution in [0, 0.1) is 5.92 Å². The van der Waals surface area contributed by atoms with Gasteiger partial charge in [0.05, 0.1) is 14.2 Å². The monoisotopic (exact) mass is 375 g/mol. The van der Waals surface area contributed by atoms with Gasteiger partial charge in [0, 0.05) is 30.6 Å². The summed E-state index contributed by atoms with van der Waals surface area (Å²) in [7, 11) is 3.21. The van der Waals surface area contributed by atoms with E-state index in [1.807, 2.05) is 12.1 Å². The van der Waals surface area contributed by atoms with Crippen LogP contribution >= 0.6 is 0 Å². The van der Waals surface area contributed by atoms with E-state index in [0.717, 1.165) is 36.2 Å². The molecule has 0 saturated carbocycles. The second-order valence-electron chi connectivity index (χ2n) is 7.31. The summed E-state index contributed by atoms with van der Waals surface area (Å²) in [5.74, 6) is 1.68. The summed E-state index contributed by atoms with van der Waals surface area (Å²) in [6.45, 7) is 1.91. The molecule has 1 heterocycles. The largest absolute Gasteiger partial charge is 0.493 e. The summed E-state index contributed by atoms with van der Waals surface area (Å²) < 4.78 is 10.7. The Labute approximate surface area is 166 Å². The highest BCUT2D eigenvalue weighted by atomic mass is 16.5. The summed E-state index contributed by atoms with van der Waals surface area (Å²) in [5.41, 5.74) is 3.93. The number of rotatable bonds is 5. The minimum atomic E-state index is 0.107. The number of carbonyl (C=O) groups excluding carboxylic acids is 1. The first kappa shape index (κ1) is 18.4. The van der Waals surface area contributed by atoms with Gasteiger partial charge in [-0.15, -0.1) is 0 Å². The number of ether oxygens (including phenoxy) is 2. The predicted octanol–water partition coefficient (Wildman–Crippen LogP) is 4.40. The number of hydrogen-bond acceptors (Lipinski definition) is 4. The van der Waals surface area contributed by atoms with E-state index in [1.165, 1.54) is 5.56 Å². The number of Topliss-reactive ketones (excluding diaryl/α,β-unsaturated/α-hetero) is 1. The lowest BCUT2D eigenvalue weighted by molar-refractivity contribution is 0.103. The molecule has 4 nitrogen and oxygen atoms in total. The molecule has 0 bridgehead atoms. The Bertz CT molecular complexity index is 930. The van der Waals surface area contributed by atoms with Crippen molar-refractivity contribution in [1.29, 1.82) is 0 Å². The number of ketones is 1. The van der Waals surface area contributed by atoms with Crippen LogP contribution in [-0.4, -0.2) is 31.4 Å². The van der Waals surface area contributed by atoms with Crippen molar-refractivity contribution in [2.24, 2.45) is 5.92 Å². The number of carbonyl (C=O) groups is 1. The van der Waals surface area contributed by atoms with E-state index in [1.54, 1.807) is 20.3 Å². The molecule has 4 rings (SSSR count). The number of hydrogen-bond donors (Lipinski definition) is 0. The number of fused-ring (bicyclic) bond motifs is 1. The standard InChI is InChI=1S/C24H25NO3/c1-27-22-14-19-13-20(24(26)21(19)15-23(22)28-2)12-17-8-10-25(11-9-17)16-18-6-4-3-5-7-18/h3-8,10,12,14-15,17H,9,11,13,16H2,1-2H3/b20-12-/t17-/m0/s1. The lowest BCUT2D eigenvalue weighted by Crippen LogP contribution is -2.23. The summed E-state index contributed by atoms with van der Waals surface area (Å²) in [6.07, 6.45) is 8.18. The highest BCUT2D eigenvalue weighted by molar-refractivity contribution is 6.13. The van der Waals surface area contributed by atoms with Gasteiger partial charge in [-0.2, -0.15) is 0 Å². The Morgan fingerprint density at radius 2 is 1.86 bits per heavy atom. The average molecular weight is 375 g/mol. The summed E-state index contributed by atoms with van der Waals surface area (Å²) >= 11 is 0. The second kappa shape index (κ2) is 7.93. The van der Waals surface area contributed by atoms with Gasteiger partial charge in [0.15, 0.2) is 17.3 Å². The maximum Gasteiger partial charge on any atom is 0.189 e. The van der Waals surface area contributed by atoms with E-state index in [9.17, 15) is 4.79 Å². The minimum Gasteiger partial charge on any atom is -0.493 e. The van der Waals surface area contributed by atoms with Crippen LogP contribution in [-0.2, 0) is 13.0 Å². The molecule has 0 radical (unpaired) electrons. The highest BCUT2D eigenvalue weighted by Crippen LogP contribution is 2.37. The van der Waals surface area contributed by atoms with E-state index in [4.69, 9.17) is 9.47 Å². The van der Waals surface area contributed by atoms with Gasteiger partial charge >= 0.3 is 0 Å². The van der Waals surface area contributed by atoms with Crippen LogP contribution in [0.2, 0.25) is 0 Å². The molecule has 1 atom stereocenters. The van der Waals surface area contributed by atoms with Gasteiger partial charge in [-0.3, -0.25) is 4.79 Å². The van der Waals surface area contributed by atoms with Crippen LogP contribution in [0.4, 0.5) is 0 Å². The molecule has 1 aliphatic carbocycles. The first-order valence-corrected chi connectivity index (χ1v) is 9.64. The molecule has 1 aliphatic heterocycles. The molecule has 0 fully saturated rings. The quantitative estimate of drug-likeness (QED) is 0.726. The topological polar surface area (TPSA) is 38.8 Å². The minimum absolute atomic E-state index is 0.107. The zero-order valence-electron chi connectivity index (χ0n) is 16.4. The van der Waals surface area contributed by atoms with Crippen molar-refractivity contribution in [2.75, 3.05) is 20.8 Å². The van der Waals surface area contributed by atoms with Crippen LogP contribution in [0.15, 0.2) is 66.4 Å². The van der Waals surface area contributed by atoms with E-state index in [2.05, 4.69) is 47.5 Å². The van der Waals surface area contributed by atoms with Crippen LogP contribution in [0.1, 0.15) is 27.9 Å². The third-order valence-corrected chi connectivity index (χ3v) is 5.46. The van der Waals surface area contributed by atoms with E-state index in [0.29, 0.717) is 23.8 Å². The molecule has 4 heteroatoms. The average Bonchev–Trinajstić information content (AvgIpc) is 3.03. The molecule has 2 aromatic rings. The normalized spacial score (nSPS) is 19.8. The molecule has 2 aromatic carbocycles. The fourth-order valence-corrected chi connectivity index (χ4v) is 3.94. The number of benzene rings is 2. The lowest BCUT2D eigenvalue weighted by Gasteiger charge is -2.27. The van der Waals surface area contributed by atoms with Crippen LogP contribution < -0.4 is 9.47 Å². The zero-order valence-corrected chi connectivity index (χ0v) is 16.4. The zero-order chi connectivity index (χ0) is 19.5. The van der Waals surface area contributed by atoms with Crippen molar-refractivity contribution in [1.82, 2.24) is 4.90 Å². The highest BCUT2D eigenvalue weighted by Gasteiger charge is 2.28. The molecule has 0 N–H and O–H groups in total. The Kier molecular flexibility index (Phi) is 5.20. The summed E-state index contributed by atoms with van der Waals surface area (Å²) in [5, 5.41) is 0. The van der Waals surface area contributed by atoms with Gasteiger partial charge in [0.25, 0.3) is 0 Å². The fraction of sp³-hybridized carbons (Fsp3) is 0.292. The summed E-state index contributed by atoms with van der Waals surface area (Å²) in [4.78, 5) is 15.2. The lowest BCUT2D eigenvalue weighted by atomic mass is 9.97. The molecule has 0 aromatic heterocycles. The Morgan fingerprint density at radius 1 is 1.11 bits per heavy atom. The molecule has 0 spiro atoms. The SMILES string of the molecule is COc1cc2c(cc1OC)C(=O)/C(=C\[C@H]1C=CN(Cc3ccccc3)CC1)C2. The second-order valence-corrected chi connectivity index (χ2v) is 7.31. The third-order valence-electron chi connectivity index (χ3n) is 5.46. The third kappa shape index (κ3) is 3.68. The smallest absolute Gasteiger partial charge is 0.189 e. The Balaban J connectivity index is 1.46. The van der Waals surface area contributed by atoms with Gasteiger partial charge in [0.2, 0.25) is 0 Å². The Hall–Kier alpha value is -3.01. The molecule has 0 amide bonds. The van der Waals surface area contributed by atoms with Crippen molar-refractivity contribution in [3.05, 3.63) is 83.1 Å². The molecule has 28 heavy (non-hydrogen) atoms. The molecule has 2 aliphatic rings. The van der Waals surface area contributed by atoms with Gasteiger partial charge in [-0.05, 0) is 41.8 Å². The van der Waals surface area contributed by atoms with Crippen molar-refractivity contribution in [3.63, 3.8) is 0 Å². The fourth-order valence-electron chi connectivity index (χ4n) is 3.94. The molecular formula is C24H25NO3. The van der Waals surface area contributed by atoms with Crippen molar-refractivity contribution >= 4 is 5.78 Å². The van der Waals surface area contributed by atoms with Gasteiger partial charge in [-0.25, -0.2) is 0 Å². The maximum atomic E-state index is 12.8. The molecule has 0 unspecified atom stereocenters. The van der Waals surface area contributed by atoms with Crippen LogP contribution in [0.25, 0.3) is 0 Å². The van der Waals surface area contributed by atoms with Crippen LogP contribution in [0.3, 0.4) is 0 Å². The molecule has 0 saturated heterocycles. The number of nitrogens with zero attached hydrogens (tertiary/aromatic N) is 1. The first-order valence-electron chi connectivity index (χ1n) is 9.64. The van der Waals surface area contributed by atoms with Crippen LogP contribution in [0.5, 0.6) is 11.5 Å². The van der Waals surface area contributed by atoms with Crippen molar-refractivity contribution in [2.45, 2.75) is 19.4 Å². The molecular weight excluding hydrogens is 350 g/mol. The Morgan fingerprint density at radius 3 is 2.54 bits per heavy atom. The molecule has 144 valence electrons. The first-order chi connectivity index (χ1) is 13.7. The van der Waals surface area contributed by atoms with Gasteiger partial charge < -0.3 is 14.4 Å². The van der Waals surface area contributed by atoms with Crippen molar-refractivity contribution < 1.29 is 14.3 Å². The van der Waals surface area contributed by atoms with E-state index >= 15 is 0 Å². The van der Waals surface area contributed by atoms with E-state index < -0.39 is 0 Å². The van der Waals surface area contributed by atoms with Gasteiger partial charge in [-0.1, -0.05) is 42.5 Å². The van der Waals surface area contributed by atoms with E-state index in [-0.39, 0.29) is 5.78 Å². The number of methoxy groups -OCH3 is 2. The maximum absolute atomic E-state index is 12.8. The van der Waals surface area contributed by atoms with Crippen molar-refractivity contribution in [3.8, 4) is 11.5 Å². The summed E-state index contributed by atoms with van der Waals surface area (Å²) in [6, 6.07) is 14.2. The number of allylic oxidation sites excluding steroid dienone is 3. The van der Waals surface area contributed by atoms with Gasteiger partial charge in [0.1, 0.15) is 0 Å².